The van der Waals surface area contributed by atoms with E-state index in [4.69, 9.17) is 0 Å². The van der Waals surface area contributed by atoms with Gasteiger partial charge in [-0.2, -0.15) is 0 Å². The molecule has 2 unspecified atom stereocenters. The van der Waals surface area contributed by atoms with Gasteiger partial charge in [-0.05, 0) is 34.2 Å². The number of fused-ring (bicyclic) bond motifs is 1. The number of rotatable bonds is 2. The van der Waals surface area contributed by atoms with Gasteiger partial charge in [0.15, 0.2) is 5.78 Å². The minimum Gasteiger partial charge on any atom is -0.329 e. The number of amides is 1. The van der Waals surface area contributed by atoms with Crippen LogP contribution >= 0.6 is 0 Å². The molecule has 0 aromatic heterocycles. The third-order valence-corrected chi connectivity index (χ3v) is 5.98. The normalized spacial score (nSPS) is 22.1. The van der Waals surface area contributed by atoms with E-state index in [1.54, 1.807) is 0 Å². The van der Waals surface area contributed by atoms with E-state index in [0.29, 0.717) is 19.3 Å². The molecule has 3 nitrogen and oxygen atoms in total. The van der Waals surface area contributed by atoms with Gasteiger partial charge in [0.25, 0.3) is 0 Å². The molecule has 5 rings (SSSR count). The monoisotopic (exact) mass is 367 g/mol. The van der Waals surface area contributed by atoms with Gasteiger partial charge >= 0.3 is 0 Å². The first-order valence-electron chi connectivity index (χ1n) is 9.79. The Morgan fingerprint density at radius 1 is 0.714 bits per heavy atom. The molecule has 1 amide bonds. The molecular formula is C25H21NO2. The van der Waals surface area contributed by atoms with E-state index >= 15 is 0 Å². The minimum absolute atomic E-state index is 0.00146. The molecule has 1 aliphatic carbocycles. The molecule has 2 atom stereocenters. The molecule has 0 saturated carbocycles. The number of Topliss-reactive ketones (excluding diaryl/α,β-unsaturated/α-hetero) is 1. The van der Waals surface area contributed by atoms with Gasteiger partial charge in [-0.1, -0.05) is 72.8 Å². The Hall–Kier alpha value is -3.20. The minimum atomic E-state index is -0.155. The van der Waals surface area contributed by atoms with Gasteiger partial charge in [0.1, 0.15) is 0 Å². The number of allylic oxidation sites excluding steroid dienone is 2. The fraction of sp³-hybridized carbons (Fsp3) is 0.200. The second-order valence-corrected chi connectivity index (χ2v) is 7.74. The summed E-state index contributed by atoms with van der Waals surface area (Å²) >= 11 is 0. The number of carbonyl (C=O) groups excluding carboxylic acids is 2. The molecule has 1 N–H and O–H groups in total. The van der Waals surface area contributed by atoms with Gasteiger partial charge in [-0.15, -0.1) is 0 Å². The first-order valence-corrected chi connectivity index (χ1v) is 9.79. The third-order valence-electron chi connectivity index (χ3n) is 5.98. The summed E-state index contributed by atoms with van der Waals surface area (Å²) in [6.45, 7) is 0. The van der Waals surface area contributed by atoms with E-state index in [2.05, 4.69) is 47.8 Å². The third kappa shape index (κ3) is 2.93. The summed E-state index contributed by atoms with van der Waals surface area (Å²) in [6, 6.07) is 24.6. The smallest absolute Gasteiger partial charge is 0.225 e. The summed E-state index contributed by atoms with van der Waals surface area (Å²) in [7, 11) is 0. The Kier molecular flexibility index (Phi) is 4.09. The second kappa shape index (κ2) is 6.75. The Morgan fingerprint density at radius 2 is 1.46 bits per heavy atom. The highest BCUT2D eigenvalue weighted by Crippen LogP contribution is 2.42. The molecule has 138 valence electrons. The number of hydrogen-bond donors (Lipinski definition) is 1. The van der Waals surface area contributed by atoms with Crippen LogP contribution < -0.4 is 5.32 Å². The number of carbonyl (C=O) groups is 2. The Morgan fingerprint density at radius 3 is 2.29 bits per heavy atom. The van der Waals surface area contributed by atoms with E-state index in [0.717, 1.165) is 27.8 Å². The Balaban J connectivity index is 1.55. The summed E-state index contributed by atoms with van der Waals surface area (Å²) in [5.74, 6) is 0.132. The molecule has 0 saturated heterocycles. The van der Waals surface area contributed by atoms with Crippen LogP contribution in [0.3, 0.4) is 0 Å². The molecule has 0 fully saturated rings. The van der Waals surface area contributed by atoms with E-state index in [9.17, 15) is 9.59 Å². The molecule has 3 heteroatoms. The molecule has 2 aliphatic rings. The van der Waals surface area contributed by atoms with E-state index in [1.807, 2.05) is 30.3 Å². The highest BCUT2D eigenvalue weighted by Gasteiger charge is 2.38. The van der Waals surface area contributed by atoms with E-state index in [-0.39, 0.29) is 23.5 Å². The first-order chi connectivity index (χ1) is 13.7. The van der Waals surface area contributed by atoms with Crippen LogP contribution in [0, 0.1) is 0 Å². The molecule has 28 heavy (non-hydrogen) atoms. The average molecular weight is 367 g/mol. The maximum atomic E-state index is 13.2. The zero-order valence-corrected chi connectivity index (χ0v) is 15.5. The maximum Gasteiger partial charge on any atom is 0.225 e. The van der Waals surface area contributed by atoms with Crippen LogP contribution in [0.25, 0.3) is 10.8 Å². The van der Waals surface area contributed by atoms with Gasteiger partial charge in [0, 0.05) is 30.0 Å². The molecular weight excluding hydrogens is 346 g/mol. The second-order valence-electron chi connectivity index (χ2n) is 7.74. The fourth-order valence-corrected chi connectivity index (χ4v) is 4.63. The molecule has 0 bridgehead atoms. The Labute approximate surface area is 164 Å². The summed E-state index contributed by atoms with van der Waals surface area (Å²) in [5, 5.41) is 5.31. The van der Waals surface area contributed by atoms with Crippen LogP contribution in [-0.2, 0) is 9.59 Å². The highest BCUT2D eigenvalue weighted by atomic mass is 16.2. The van der Waals surface area contributed by atoms with Crippen molar-refractivity contribution in [3.8, 4) is 0 Å². The maximum absolute atomic E-state index is 13.2. The predicted molar refractivity (Wildman–Crippen MR) is 110 cm³/mol. The van der Waals surface area contributed by atoms with Crippen molar-refractivity contribution in [2.45, 2.75) is 31.1 Å². The zero-order valence-electron chi connectivity index (χ0n) is 15.5. The first kappa shape index (κ1) is 16.9. The van der Waals surface area contributed by atoms with E-state index < -0.39 is 0 Å². The molecule has 3 aromatic rings. The number of nitrogens with one attached hydrogen (secondary N) is 1. The van der Waals surface area contributed by atoms with Crippen LogP contribution in [0.2, 0.25) is 0 Å². The number of benzene rings is 3. The summed E-state index contributed by atoms with van der Waals surface area (Å²) in [6.07, 6.45) is 1.54. The van der Waals surface area contributed by atoms with Crippen LogP contribution in [0.5, 0.6) is 0 Å². The molecule has 1 aliphatic heterocycles. The average Bonchev–Trinajstić information content (AvgIpc) is 2.73. The fourth-order valence-electron chi connectivity index (χ4n) is 4.63. The van der Waals surface area contributed by atoms with Gasteiger partial charge in [-0.3, -0.25) is 9.59 Å². The largest absolute Gasteiger partial charge is 0.329 e. The van der Waals surface area contributed by atoms with Gasteiger partial charge < -0.3 is 5.32 Å². The topological polar surface area (TPSA) is 46.2 Å². The van der Waals surface area contributed by atoms with Gasteiger partial charge in [0.05, 0.1) is 0 Å². The molecule has 0 spiro atoms. The predicted octanol–water partition coefficient (Wildman–Crippen LogP) is 4.84. The SMILES string of the molecule is O=C1CC(c2ccc3ccccc3c2)C2=C(CC(c3ccccc3)CC2=O)N1. The standard InChI is InChI=1S/C25H21NO2/c27-23-14-20(16-6-2-1-3-7-16)13-22-25(23)21(15-24(28)26-22)19-11-10-17-8-4-5-9-18(17)12-19/h1-12,20-21H,13-15H2,(H,26,28). The number of ketones is 1. The number of hydrogen-bond acceptors (Lipinski definition) is 2. The lowest BCUT2D eigenvalue weighted by Crippen LogP contribution is -2.38. The molecule has 1 heterocycles. The van der Waals surface area contributed by atoms with Gasteiger partial charge in [0.2, 0.25) is 5.91 Å². The molecule has 3 aromatic carbocycles. The van der Waals surface area contributed by atoms with Crippen molar-refractivity contribution in [2.24, 2.45) is 0 Å². The van der Waals surface area contributed by atoms with Crippen LogP contribution in [-0.4, -0.2) is 11.7 Å². The summed E-state index contributed by atoms with van der Waals surface area (Å²) in [5.41, 5.74) is 3.83. The highest BCUT2D eigenvalue weighted by molar-refractivity contribution is 6.02. The Bertz CT molecular complexity index is 1110. The van der Waals surface area contributed by atoms with Crippen molar-refractivity contribution < 1.29 is 9.59 Å². The van der Waals surface area contributed by atoms with Crippen LogP contribution in [0.1, 0.15) is 42.2 Å². The summed E-state index contributed by atoms with van der Waals surface area (Å²) < 4.78 is 0. The lowest BCUT2D eigenvalue weighted by molar-refractivity contribution is -0.122. The van der Waals surface area contributed by atoms with Crippen molar-refractivity contribution in [1.29, 1.82) is 0 Å². The zero-order chi connectivity index (χ0) is 19.1. The van der Waals surface area contributed by atoms with Crippen molar-refractivity contribution in [3.05, 3.63) is 95.2 Å². The lowest BCUT2D eigenvalue weighted by Gasteiger charge is -2.34. The van der Waals surface area contributed by atoms with Crippen molar-refractivity contribution >= 4 is 22.5 Å². The van der Waals surface area contributed by atoms with Gasteiger partial charge in [-0.25, -0.2) is 0 Å². The summed E-state index contributed by atoms with van der Waals surface area (Å²) in [4.78, 5) is 25.6. The van der Waals surface area contributed by atoms with E-state index in [1.165, 1.54) is 5.39 Å². The van der Waals surface area contributed by atoms with Crippen LogP contribution in [0.4, 0.5) is 0 Å². The quantitative estimate of drug-likeness (QED) is 0.704. The van der Waals surface area contributed by atoms with Crippen molar-refractivity contribution in [2.75, 3.05) is 0 Å². The molecule has 0 radical (unpaired) electrons. The van der Waals surface area contributed by atoms with Crippen LogP contribution in [0.15, 0.2) is 84.1 Å². The van der Waals surface area contributed by atoms with Crippen molar-refractivity contribution in [1.82, 2.24) is 5.32 Å². The lowest BCUT2D eigenvalue weighted by atomic mass is 9.73. The van der Waals surface area contributed by atoms with Crippen molar-refractivity contribution in [3.63, 3.8) is 0 Å².